The van der Waals surface area contributed by atoms with Crippen molar-refractivity contribution >= 4 is 18.4 Å². The predicted octanol–water partition coefficient (Wildman–Crippen LogP) is 6.23. The van der Waals surface area contributed by atoms with Gasteiger partial charge in [-0.1, -0.05) is 0 Å². The number of aliphatic hydroxyl groups is 2. The van der Waals surface area contributed by atoms with Crippen LogP contribution in [0.1, 0.15) is 91.9 Å². The Labute approximate surface area is 156 Å². The molecule has 0 aliphatic rings. The molecule has 0 aromatic rings. The van der Waals surface area contributed by atoms with Crippen molar-refractivity contribution in [2.24, 2.45) is 0 Å². The fourth-order valence-corrected chi connectivity index (χ4v) is 21.3. The Balaban J connectivity index is 5.44. The molecule has 0 aromatic carbocycles. The maximum atomic E-state index is 11.0. The van der Waals surface area contributed by atoms with E-state index in [1.54, 1.807) is 0 Å². The van der Waals surface area contributed by atoms with Gasteiger partial charge < -0.3 is 0 Å². The summed E-state index contributed by atoms with van der Waals surface area (Å²) in [5, 5.41) is 20.6. The van der Waals surface area contributed by atoms with E-state index in [0.717, 1.165) is 12.8 Å². The van der Waals surface area contributed by atoms with Gasteiger partial charge in [0.15, 0.2) is 0 Å². The summed E-state index contributed by atoms with van der Waals surface area (Å²) in [4.78, 5) is 0. The number of rotatable bonds is 16. The van der Waals surface area contributed by atoms with Crippen molar-refractivity contribution in [2.45, 2.75) is 111 Å². The van der Waals surface area contributed by atoms with Gasteiger partial charge in [-0.15, -0.1) is 0 Å². The minimum absolute atomic E-state index is 0.100. The van der Waals surface area contributed by atoms with Crippen LogP contribution in [0.25, 0.3) is 0 Å². The first kappa shape index (κ1) is 24.5. The molecule has 0 fully saturated rings. The summed E-state index contributed by atoms with van der Waals surface area (Å²) >= 11 is -2.59. The number of hydrogen-bond donors (Lipinski definition) is 2. The van der Waals surface area contributed by atoms with Gasteiger partial charge in [-0.05, 0) is 0 Å². The van der Waals surface area contributed by atoms with Crippen LogP contribution in [-0.4, -0.2) is 41.3 Å². The minimum atomic E-state index is -2.59. The zero-order valence-corrected chi connectivity index (χ0v) is 19.8. The quantitative estimate of drug-likeness (QED) is 0.217. The van der Waals surface area contributed by atoms with Gasteiger partial charge in [-0.2, -0.15) is 0 Å². The molecule has 1 atom stereocenters. The van der Waals surface area contributed by atoms with Crippen LogP contribution < -0.4 is 0 Å². The summed E-state index contributed by atoms with van der Waals surface area (Å²) in [5.74, 6) is 0. The predicted molar refractivity (Wildman–Crippen MR) is 110 cm³/mol. The Hall–Kier alpha value is 0.459. The van der Waals surface area contributed by atoms with Crippen LogP contribution in [0.15, 0.2) is 9.67 Å². The summed E-state index contributed by atoms with van der Waals surface area (Å²) in [7, 11) is 0. The van der Waals surface area contributed by atoms with E-state index in [4.69, 9.17) is 0 Å². The van der Waals surface area contributed by atoms with Crippen LogP contribution in [0.3, 0.4) is 0 Å². The van der Waals surface area contributed by atoms with Crippen LogP contribution in [0.2, 0.25) is 13.3 Å². The first-order valence-electron chi connectivity index (χ1n) is 10.6. The second-order valence-electron chi connectivity index (χ2n) is 7.44. The fraction of sp³-hybridized carbons (Fsp3) is 0.905. The average molecular weight is 447 g/mol. The zero-order valence-electron chi connectivity index (χ0n) is 16.9. The van der Waals surface area contributed by atoms with E-state index in [-0.39, 0.29) is 12.7 Å². The van der Waals surface area contributed by atoms with Crippen LogP contribution in [0.5, 0.6) is 0 Å². The molecule has 0 aliphatic heterocycles. The van der Waals surface area contributed by atoms with Gasteiger partial charge in [0.25, 0.3) is 0 Å². The van der Waals surface area contributed by atoms with Crippen LogP contribution in [0, 0.1) is 0 Å². The third kappa shape index (κ3) is 9.24. The van der Waals surface area contributed by atoms with E-state index in [0.29, 0.717) is 0 Å². The molecule has 0 radical (unpaired) electrons. The standard InChI is InChI=1S/C9H17O2.3C4H9.Sn/c1-2-3-4-6-9(11)7-5-8-10;3*1-3-4-2;/h5,9-11H,2-4,6,8H2,1H3;3*1,3-4H2,2H3;. The molecule has 0 heterocycles. The number of unbranched alkanes of at least 4 members (excludes halogenated alkanes) is 5. The van der Waals surface area contributed by atoms with E-state index >= 15 is 0 Å². The van der Waals surface area contributed by atoms with Crippen LogP contribution >= 0.6 is 0 Å². The van der Waals surface area contributed by atoms with E-state index in [1.165, 1.54) is 68.3 Å². The van der Waals surface area contributed by atoms with Gasteiger partial charge in [0.2, 0.25) is 0 Å². The SMILES string of the molecule is CCCCCC(O)/[C](=C/CO)[Sn]([CH2]CCC)([CH2]CCC)[CH2]CCC. The van der Waals surface area contributed by atoms with Gasteiger partial charge in [0.05, 0.1) is 0 Å². The maximum absolute atomic E-state index is 11.0. The van der Waals surface area contributed by atoms with E-state index in [9.17, 15) is 10.2 Å². The third-order valence-electron chi connectivity index (χ3n) is 5.39. The first-order valence-corrected chi connectivity index (χ1v) is 18.1. The van der Waals surface area contributed by atoms with Crippen molar-refractivity contribution in [2.75, 3.05) is 6.61 Å². The molecule has 24 heavy (non-hydrogen) atoms. The van der Waals surface area contributed by atoms with Crippen molar-refractivity contribution in [3.63, 3.8) is 0 Å². The second-order valence-corrected chi connectivity index (χ2v) is 20.7. The number of aliphatic hydroxyl groups excluding tert-OH is 2. The molecule has 0 aliphatic carbocycles. The summed E-state index contributed by atoms with van der Waals surface area (Å²) in [6.45, 7) is 9.16. The van der Waals surface area contributed by atoms with Gasteiger partial charge >= 0.3 is 156 Å². The second kappa shape index (κ2) is 15.7. The molecular formula is C21H44O2Sn. The molecular weight excluding hydrogens is 403 g/mol. The Morgan fingerprint density at radius 1 is 0.792 bits per heavy atom. The van der Waals surface area contributed by atoms with Gasteiger partial charge in [0, 0.05) is 0 Å². The topological polar surface area (TPSA) is 40.5 Å². The molecule has 0 aromatic heterocycles. The molecule has 144 valence electrons. The Morgan fingerprint density at radius 3 is 1.62 bits per heavy atom. The summed E-state index contributed by atoms with van der Waals surface area (Å²) in [6.07, 6.45) is 13.8. The normalized spacial score (nSPS) is 14.2. The molecule has 0 saturated heterocycles. The van der Waals surface area contributed by atoms with Crippen molar-refractivity contribution in [1.29, 1.82) is 0 Å². The molecule has 0 bridgehead atoms. The molecule has 3 heteroatoms. The Kier molecular flexibility index (Phi) is 16.0. The number of hydrogen-bond acceptors (Lipinski definition) is 2. The molecule has 0 spiro atoms. The van der Waals surface area contributed by atoms with Crippen LogP contribution in [-0.2, 0) is 0 Å². The van der Waals surface area contributed by atoms with E-state index in [1.807, 2.05) is 6.08 Å². The molecule has 0 saturated carbocycles. The average Bonchev–Trinajstić information content (AvgIpc) is 2.60. The Bertz CT molecular complexity index is 293. The van der Waals surface area contributed by atoms with E-state index in [2.05, 4.69) is 27.7 Å². The summed E-state index contributed by atoms with van der Waals surface area (Å²) in [5.41, 5.74) is 0. The zero-order chi connectivity index (χ0) is 18.3. The molecule has 0 rings (SSSR count). The van der Waals surface area contributed by atoms with Crippen molar-refractivity contribution < 1.29 is 10.2 Å². The van der Waals surface area contributed by atoms with Crippen molar-refractivity contribution in [3.05, 3.63) is 9.67 Å². The third-order valence-corrected chi connectivity index (χ3v) is 21.6. The van der Waals surface area contributed by atoms with Gasteiger partial charge in [0.1, 0.15) is 0 Å². The fourth-order valence-electron chi connectivity index (χ4n) is 3.90. The molecule has 0 amide bonds. The molecule has 2 N–H and O–H groups in total. The monoisotopic (exact) mass is 448 g/mol. The van der Waals surface area contributed by atoms with E-state index < -0.39 is 18.4 Å². The molecule has 1 unspecified atom stereocenters. The summed E-state index contributed by atoms with van der Waals surface area (Å²) in [6, 6.07) is 0. The Morgan fingerprint density at radius 2 is 1.25 bits per heavy atom. The summed E-state index contributed by atoms with van der Waals surface area (Å²) < 4.78 is 5.45. The van der Waals surface area contributed by atoms with Gasteiger partial charge in [-0.3, -0.25) is 0 Å². The first-order chi connectivity index (χ1) is 11.6. The van der Waals surface area contributed by atoms with Crippen molar-refractivity contribution in [1.82, 2.24) is 0 Å². The van der Waals surface area contributed by atoms with Crippen molar-refractivity contribution in [3.8, 4) is 0 Å². The van der Waals surface area contributed by atoms with Crippen LogP contribution in [0.4, 0.5) is 0 Å². The molecule has 2 nitrogen and oxygen atoms in total. The van der Waals surface area contributed by atoms with Gasteiger partial charge in [-0.25, -0.2) is 0 Å².